The van der Waals surface area contributed by atoms with E-state index in [4.69, 9.17) is 9.72 Å². The number of benzene rings is 6. The third-order valence-electron chi connectivity index (χ3n) is 11.5. The van der Waals surface area contributed by atoms with Crippen LogP contribution in [0, 0.1) is 24.2 Å². The van der Waals surface area contributed by atoms with Crippen LogP contribution in [0.1, 0.15) is 73.4 Å². The van der Waals surface area contributed by atoms with Gasteiger partial charge in [0.25, 0.3) is 0 Å². The van der Waals surface area contributed by atoms with Crippen molar-refractivity contribution in [2.75, 3.05) is 9.80 Å². The Labute approximate surface area is 382 Å². The van der Waals surface area contributed by atoms with Gasteiger partial charge in [0.15, 0.2) is 0 Å². The molecule has 0 saturated carbocycles. The summed E-state index contributed by atoms with van der Waals surface area (Å²) < 4.78 is 9.04. The maximum atomic E-state index is 6.83. The number of hydrogen-bond acceptors (Lipinski definition) is 4. The molecule has 5 nitrogen and oxygen atoms in total. The first kappa shape index (κ1) is 42.8. The van der Waals surface area contributed by atoms with Crippen molar-refractivity contribution < 1.29 is 25.8 Å². The van der Waals surface area contributed by atoms with Crippen LogP contribution in [-0.2, 0) is 31.9 Å². The Balaban J connectivity index is 0.00000529. The number of allylic oxidation sites excluding steroid dienone is 1. The molecule has 0 saturated heterocycles. The van der Waals surface area contributed by atoms with Crippen molar-refractivity contribution >= 4 is 33.2 Å². The van der Waals surface area contributed by atoms with Crippen molar-refractivity contribution in [3.63, 3.8) is 0 Å². The molecule has 316 valence electrons. The molecule has 0 atom stereocenters. The molecule has 8 aromatic rings. The average molecular weight is 993 g/mol. The van der Waals surface area contributed by atoms with Crippen LogP contribution in [0.25, 0.3) is 49.9 Å². The molecule has 3 heterocycles. The van der Waals surface area contributed by atoms with Crippen LogP contribution in [-0.4, -0.2) is 9.55 Å². The summed E-state index contributed by atoms with van der Waals surface area (Å²) in [6.07, 6.45) is 4.17. The topological polar surface area (TPSA) is 33.5 Å². The average Bonchev–Trinajstić information content (AvgIpc) is 3.85. The number of rotatable bonds is 7. The first-order valence-electron chi connectivity index (χ1n) is 21.2. The fraction of sp³-hybridized carbons (Fsp3) is 0.214. The van der Waals surface area contributed by atoms with Gasteiger partial charge < -0.3 is 19.1 Å². The summed E-state index contributed by atoms with van der Waals surface area (Å²) in [6.45, 7) is 22.4. The fourth-order valence-electron chi connectivity index (χ4n) is 8.10. The Morgan fingerprint density at radius 2 is 1.18 bits per heavy atom. The molecular formula is C56H53N4OPt-3. The second kappa shape index (κ2) is 16.4. The molecule has 62 heavy (non-hydrogen) atoms. The number of aromatic nitrogens is 2. The third-order valence-corrected chi connectivity index (χ3v) is 11.5. The van der Waals surface area contributed by atoms with E-state index >= 15 is 0 Å². The van der Waals surface area contributed by atoms with E-state index in [1.165, 1.54) is 16.7 Å². The smallest absolute Gasteiger partial charge is 0.135 e. The van der Waals surface area contributed by atoms with Crippen LogP contribution in [0.2, 0.25) is 0 Å². The van der Waals surface area contributed by atoms with Crippen molar-refractivity contribution in [2.45, 2.75) is 73.1 Å². The van der Waals surface area contributed by atoms with E-state index in [1.807, 2.05) is 12.3 Å². The number of anilines is 2. The van der Waals surface area contributed by atoms with E-state index in [-0.39, 0.29) is 37.3 Å². The molecule has 2 aromatic heterocycles. The molecule has 6 heteroatoms. The first-order chi connectivity index (χ1) is 29.1. The quantitative estimate of drug-likeness (QED) is 0.149. The molecule has 0 aliphatic carbocycles. The van der Waals surface area contributed by atoms with Crippen molar-refractivity contribution in [1.82, 2.24) is 9.55 Å². The molecule has 0 unspecified atom stereocenters. The van der Waals surface area contributed by atoms with Gasteiger partial charge in [-0.3, -0.25) is 0 Å². The summed E-state index contributed by atoms with van der Waals surface area (Å²) in [6, 6.07) is 56.8. The van der Waals surface area contributed by atoms with Crippen molar-refractivity contribution in [3.05, 3.63) is 188 Å². The number of nitrogens with zero attached hydrogens (tertiary/aromatic N) is 4. The minimum Gasteiger partial charge on any atom is -0.509 e. The SMILES string of the molecule is CC(C)(C)C1=CN(c2cc(-c3ccccc3)cc(-c3ccccc3)c2)[CH-]N1c1[c-]c(Oc2[c-]c3c(cc2)c2ccccc2n3-c2cc(C(C)(C)C)ccn2)cc(C(C)(C)C)c1.[Pt]. The Morgan fingerprint density at radius 1 is 0.548 bits per heavy atom. The second-order valence-electron chi connectivity index (χ2n) is 19.2. The Morgan fingerprint density at radius 3 is 1.81 bits per heavy atom. The first-order valence-corrected chi connectivity index (χ1v) is 21.2. The predicted octanol–water partition coefficient (Wildman–Crippen LogP) is 14.8. The number of para-hydroxylation sites is 1. The van der Waals surface area contributed by atoms with Crippen LogP contribution >= 0.6 is 0 Å². The van der Waals surface area contributed by atoms with Gasteiger partial charge in [0.2, 0.25) is 0 Å². The molecule has 0 bridgehead atoms. The summed E-state index contributed by atoms with van der Waals surface area (Å²) in [4.78, 5) is 9.40. The monoisotopic (exact) mass is 992 g/mol. The van der Waals surface area contributed by atoms with E-state index in [1.54, 1.807) is 0 Å². The van der Waals surface area contributed by atoms with Gasteiger partial charge in [-0.2, -0.15) is 6.07 Å². The van der Waals surface area contributed by atoms with E-state index < -0.39 is 0 Å². The molecule has 1 aliphatic rings. The van der Waals surface area contributed by atoms with Crippen LogP contribution in [0.4, 0.5) is 11.4 Å². The zero-order chi connectivity index (χ0) is 42.7. The molecule has 0 radical (unpaired) electrons. The van der Waals surface area contributed by atoms with Crippen LogP contribution in [0.15, 0.2) is 158 Å². The van der Waals surface area contributed by atoms with Gasteiger partial charge in [-0.15, -0.1) is 53.6 Å². The van der Waals surface area contributed by atoms with Crippen molar-refractivity contribution in [2.24, 2.45) is 5.41 Å². The molecular weight excluding hydrogens is 940 g/mol. The second-order valence-corrected chi connectivity index (χ2v) is 19.2. The van der Waals surface area contributed by atoms with E-state index in [0.717, 1.165) is 61.4 Å². The molecule has 9 rings (SSSR count). The van der Waals surface area contributed by atoms with E-state index in [0.29, 0.717) is 11.5 Å². The molecule has 1 aliphatic heterocycles. The maximum Gasteiger partial charge on any atom is 0.135 e. The van der Waals surface area contributed by atoms with E-state index in [2.05, 4.69) is 235 Å². The Bertz CT molecular complexity index is 2870. The van der Waals surface area contributed by atoms with Crippen molar-refractivity contribution in [1.29, 1.82) is 0 Å². The summed E-state index contributed by atoms with van der Waals surface area (Å²) in [5.41, 5.74) is 11.8. The molecule has 0 fully saturated rings. The van der Waals surface area contributed by atoms with Crippen LogP contribution in [0.5, 0.6) is 11.5 Å². The largest absolute Gasteiger partial charge is 0.509 e. The minimum atomic E-state index is -0.193. The standard InChI is InChI=1S/C56H53N4O.Pt/c1-54(2,3)42-26-27-57-53(33-42)60-50-23-17-16-22-48(50)49-25-24-46(35-51(49)60)61-47-32-43(55(4,5)6)31-45(34-47)59-37-58(36-52(59)56(7,8)9)44-29-40(38-18-12-10-13-19-38)28-41(30-44)39-20-14-11-15-21-39;/h10-33,36-37H,1-9H3;/q-3;. The number of fused-ring (bicyclic) bond motifs is 3. The number of pyridine rings is 1. The Kier molecular flexibility index (Phi) is 11.3. The number of hydrogen-bond donors (Lipinski definition) is 0. The van der Waals surface area contributed by atoms with Gasteiger partial charge in [0, 0.05) is 61.1 Å². The summed E-state index contributed by atoms with van der Waals surface area (Å²) in [5.74, 6) is 2.10. The van der Waals surface area contributed by atoms with Crippen LogP contribution in [0.3, 0.4) is 0 Å². The molecule has 0 spiro atoms. The summed E-state index contributed by atoms with van der Waals surface area (Å²) in [7, 11) is 0. The van der Waals surface area contributed by atoms with Gasteiger partial charge in [0.05, 0.1) is 0 Å². The number of ether oxygens (including phenoxy) is 1. The van der Waals surface area contributed by atoms with Crippen LogP contribution < -0.4 is 14.5 Å². The normalized spacial score (nSPS) is 13.4. The van der Waals surface area contributed by atoms with Gasteiger partial charge in [-0.1, -0.05) is 147 Å². The predicted molar refractivity (Wildman–Crippen MR) is 254 cm³/mol. The third kappa shape index (κ3) is 8.48. The van der Waals surface area contributed by atoms with Gasteiger partial charge >= 0.3 is 0 Å². The molecule has 6 aromatic carbocycles. The zero-order valence-corrected chi connectivity index (χ0v) is 39.3. The van der Waals surface area contributed by atoms with E-state index in [9.17, 15) is 0 Å². The van der Waals surface area contributed by atoms with Gasteiger partial charge in [0.1, 0.15) is 5.82 Å². The summed E-state index contributed by atoms with van der Waals surface area (Å²) >= 11 is 0. The minimum absolute atomic E-state index is 0. The zero-order valence-electron chi connectivity index (χ0n) is 37.0. The maximum absolute atomic E-state index is 6.83. The van der Waals surface area contributed by atoms with Gasteiger partial charge in [-0.05, 0) is 86.6 Å². The fourth-order valence-corrected chi connectivity index (χ4v) is 8.10. The summed E-state index contributed by atoms with van der Waals surface area (Å²) in [5, 5.41) is 2.24. The Hall–Kier alpha value is -5.90. The molecule has 0 N–H and O–H groups in total. The molecule has 0 amide bonds. The van der Waals surface area contributed by atoms with Gasteiger partial charge in [-0.25, -0.2) is 4.98 Å². The van der Waals surface area contributed by atoms with Crippen molar-refractivity contribution in [3.8, 4) is 39.6 Å².